The van der Waals surface area contributed by atoms with E-state index >= 15 is 0 Å². The lowest BCUT2D eigenvalue weighted by Gasteiger charge is -2.28. The van der Waals surface area contributed by atoms with E-state index in [4.69, 9.17) is 9.47 Å². The Morgan fingerprint density at radius 3 is 2.29 bits per heavy atom. The third-order valence-corrected chi connectivity index (χ3v) is 4.91. The predicted molar refractivity (Wildman–Crippen MR) is 104 cm³/mol. The Bertz CT molecular complexity index is 959. The van der Waals surface area contributed by atoms with Crippen LogP contribution in [0.25, 0.3) is 0 Å². The van der Waals surface area contributed by atoms with Crippen LogP contribution in [0.15, 0.2) is 72.8 Å². The van der Waals surface area contributed by atoms with Crippen LogP contribution in [0.5, 0.6) is 11.5 Å². The van der Waals surface area contributed by atoms with E-state index < -0.39 is 12.0 Å². The summed E-state index contributed by atoms with van der Waals surface area (Å²) in [6.45, 7) is 0.237. The van der Waals surface area contributed by atoms with Crippen LogP contribution in [0.4, 0.5) is 4.39 Å². The summed E-state index contributed by atoms with van der Waals surface area (Å²) in [6, 6.07) is 21.3. The summed E-state index contributed by atoms with van der Waals surface area (Å²) >= 11 is 0. The number of amides is 1. The van der Waals surface area contributed by atoms with E-state index in [0.29, 0.717) is 17.1 Å². The van der Waals surface area contributed by atoms with Gasteiger partial charge >= 0.3 is 0 Å². The van der Waals surface area contributed by atoms with Crippen molar-refractivity contribution in [3.8, 4) is 11.5 Å². The van der Waals surface area contributed by atoms with Gasteiger partial charge in [0.1, 0.15) is 17.3 Å². The molecule has 0 spiro atoms. The molecule has 0 bridgehead atoms. The molecule has 1 heterocycles. The number of carbonyl (C=O) groups excluding carboxylic acids is 1. The largest absolute Gasteiger partial charge is 0.457 e. The number of para-hydroxylation sites is 2. The molecule has 0 radical (unpaired) electrons. The zero-order chi connectivity index (χ0) is 19.5. The summed E-state index contributed by atoms with van der Waals surface area (Å²) in [5.41, 5.74) is 2.31. The maximum absolute atomic E-state index is 13.5. The van der Waals surface area contributed by atoms with Crippen LogP contribution in [-0.4, -0.2) is 19.6 Å². The molecule has 0 fully saturated rings. The summed E-state index contributed by atoms with van der Waals surface area (Å²) in [5.74, 6) is 0.385. The molecule has 1 unspecified atom stereocenters. The van der Waals surface area contributed by atoms with E-state index in [0.717, 1.165) is 11.1 Å². The molecule has 1 N–H and O–H groups in total. The maximum atomic E-state index is 13.5. The van der Waals surface area contributed by atoms with Crippen molar-refractivity contribution < 1.29 is 18.7 Å². The molecule has 4 nitrogen and oxygen atoms in total. The van der Waals surface area contributed by atoms with Crippen molar-refractivity contribution >= 4 is 5.91 Å². The van der Waals surface area contributed by atoms with Gasteiger partial charge in [-0.15, -0.1) is 0 Å². The standard InChI is InChI=1S/C23H20FNO3/c1-27-21(15-7-6-8-16(24)13-15)14-25-23(26)22-17-9-2-4-11-19(17)28-20-12-5-3-10-18(20)22/h2-13,21-22H,14H2,1H3,(H,25,26). The Balaban J connectivity index is 1.58. The number of ether oxygens (including phenoxy) is 2. The number of benzene rings is 3. The zero-order valence-electron chi connectivity index (χ0n) is 15.4. The minimum atomic E-state index is -0.480. The molecule has 3 aromatic carbocycles. The third kappa shape index (κ3) is 3.49. The number of carbonyl (C=O) groups is 1. The molecule has 1 atom stereocenters. The monoisotopic (exact) mass is 377 g/mol. The summed E-state index contributed by atoms with van der Waals surface area (Å²) in [4.78, 5) is 13.1. The van der Waals surface area contributed by atoms with E-state index in [1.54, 1.807) is 19.2 Å². The van der Waals surface area contributed by atoms with Gasteiger partial charge in [-0.05, 0) is 29.8 Å². The van der Waals surface area contributed by atoms with Gasteiger partial charge in [-0.3, -0.25) is 4.79 Å². The first-order chi connectivity index (χ1) is 13.7. The number of hydrogen-bond acceptors (Lipinski definition) is 3. The summed E-state index contributed by atoms with van der Waals surface area (Å²) < 4.78 is 24.9. The van der Waals surface area contributed by atoms with Crippen LogP contribution in [0.3, 0.4) is 0 Å². The third-order valence-electron chi connectivity index (χ3n) is 4.91. The van der Waals surface area contributed by atoms with Crippen molar-refractivity contribution in [3.63, 3.8) is 0 Å². The molecule has 0 saturated heterocycles. The highest BCUT2D eigenvalue weighted by molar-refractivity contribution is 5.89. The highest BCUT2D eigenvalue weighted by atomic mass is 19.1. The van der Waals surface area contributed by atoms with Crippen molar-refractivity contribution in [2.24, 2.45) is 0 Å². The van der Waals surface area contributed by atoms with Crippen molar-refractivity contribution in [2.75, 3.05) is 13.7 Å². The zero-order valence-corrected chi connectivity index (χ0v) is 15.4. The second-order valence-electron chi connectivity index (χ2n) is 6.64. The van der Waals surface area contributed by atoms with Crippen LogP contribution in [0.1, 0.15) is 28.7 Å². The average Bonchev–Trinajstić information content (AvgIpc) is 2.72. The molecule has 0 aliphatic carbocycles. The first-order valence-corrected chi connectivity index (χ1v) is 9.09. The molecule has 5 heteroatoms. The van der Waals surface area contributed by atoms with Crippen LogP contribution >= 0.6 is 0 Å². The Hall–Kier alpha value is -3.18. The van der Waals surface area contributed by atoms with E-state index in [9.17, 15) is 9.18 Å². The van der Waals surface area contributed by atoms with E-state index in [2.05, 4.69) is 5.32 Å². The molecular weight excluding hydrogens is 357 g/mol. The fraction of sp³-hybridized carbons (Fsp3) is 0.174. The molecule has 142 valence electrons. The first-order valence-electron chi connectivity index (χ1n) is 9.09. The van der Waals surface area contributed by atoms with Crippen molar-refractivity contribution in [1.29, 1.82) is 0 Å². The van der Waals surface area contributed by atoms with Crippen molar-refractivity contribution in [1.82, 2.24) is 5.32 Å². The Morgan fingerprint density at radius 2 is 1.68 bits per heavy atom. The average molecular weight is 377 g/mol. The Kier molecular flexibility index (Phi) is 5.08. The molecule has 1 aliphatic rings. The lowest BCUT2D eigenvalue weighted by Crippen LogP contribution is -2.34. The molecule has 4 rings (SSSR count). The highest BCUT2D eigenvalue weighted by Crippen LogP contribution is 2.43. The number of halogens is 1. The fourth-order valence-corrected chi connectivity index (χ4v) is 3.53. The number of fused-ring (bicyclic) bond motifs is 2. The van der Waals surface area contributed by atoms with Gasteiger partial charge in [0, 0.05) is 24.8 Å². The van der Waals surface area contributed by atoms with Gasteiger partial charge in [0.05, 0.1) is 12.0 Å². The molecule has 28 heavy (non-hydrogen) atoms. The van der Waals surface area contributed by atoms with Crippen molar-refractivity contribution in [3.05, 3.63) is 95.3 Å². The second-order valence-corrected chi connectivity index (χ2v) is 6.64. The quantitative estimate of drug-likeness (QED) is 0.709. The van der Waals surface area contributed by atoms with Gasteiger partial charge in [-0.2, -0.15) is 0 Å². The Morgan fingerprint density at radius 1 is 1.04 bits per heavy atom. The van der Waals surface area contributed by atoms with Crippen LogP contribution < -0.4 is 10.1 Å². The topological polar surface area (TPSA) is 47.6 Å². The molecule has 0 aromatic heterocycles. The fourth-order valence-electron chi connectivity index (χ4n) is 3.53. The molecular formula is C23H20FNO3. The van der Waals surface area contributed by atoms with Gasteiger partial charge < -0.3 is 14.8 Å². The van der Waals surface area contributed by atoms with E-state index in [1.165, 1.54) is 12.1 Å². The Labute approximate surface area is 162 Å². The van der Waals surface area contributed by atoms with Crippen LogP contribution in [0.2, 0.25) is 0 Å². The number of rotatable bonds is 5. The predicted octanol–water partition coefficient (Wildman–Crippen LogP) is 4.57. The lowest BCUT2D eigenvalue weighted by atomic mass is 9.87. The summed E-state index contributed by atoms with van der Waals surface area (Å²) in [7, 11) is 1.54. The highest BCUT2D eigenvalue weighted by Gasteiger charge is 2.32. The van der Waals surface area contributed by atoms with E-state index in [1.807, 2.05) is 48.5 Å². The summed E-state index contributed by atoms with van der Waals surface area (Å²) in [5, 5.41) is 2.96. The van der Waals surface area contributed by atoms with Gasteiger partial charge in [-0.1, -0.05) is 48.5 Å². The van der Waals surface area contributed by atoms with Gasteiger partial charge in [0.2, 0.25) is 5.91 Å². The SMILES string of the molecule is COC(CNC(=O)C1c2ccccc2Oc2ccccc21)c1cccc(F)c1. The number of methoxy groups -OCH3 is 1. The van der Waals surface area contributed by atoms with Crippen molar-refractivity contribution in [2.45, 2.75) is 12.0 Å². The summed E-state index contributed by atoms with van der Waals surface area (Å²) in [6.07, 6.45) is -0.440. The first kappa shape index (κ1) is 18.2. The molecule has 1 amide bonds. The molecule has 0 saturated carbocycles. The van der Waals surface area contributed by atoms with E-state index in [-0.39, 0.29) is 18.3 Å². The van der Waals surface area contributed by atoms with Gasteiger partial charge in [-0.25, -0.2) is 4.39 Å². The number of nitrogens with one attached hydrogen (secondary N) is 1. The maximum Gasteiger partial charge on any atom is 0.232 e. The smallest absolute Gasteiger partial charge is 0.232 e. The number of hydrogen-bond donors (Lipinski definition) is 1. The van der Waals surface area contributed by atoms with Crippen LogP contribution in [-0.2, 0) is 9.53 Å². The van der Waals surface area contributed by atoms with Gasteiger partial charge in [0.15, 0.2) is 0 Å². The lowest BCUT2D eigenvalue weighted by molar-refractivity contribution is -0.122. The van der Waals surface area contributed by atoms with Crippen LogP contribution in [0, 0.1) is 5.82 Å². The minimum Gasteiger partial charge on any atom is -0.457 e. The minimum absolute atomic E-state index is 0.151. The second kappa shape index (κ2) is 7.82. The van der Waals surface area contributed by atoms with Gasteiger partial charge in [0.25, 0.3) is 0 Å². The normalized spacial score (nSPS) is 13.8. The molecule has 1 aliphatic heterocycles. The molecule has 3 aromatic rings.